The second-order valence-corrected chi connectivity index (χ2v) is 5.90. The van der Waals surface area contributed by atoms with Gasteiger partial charge in [0.05, 0.1) is 6.54 Å². The van der Waals surface area contributed by atoms with Crippen molar-refractivity contribution in [3.63, 3.8) is 0 Å². The highest BCUT2D eigenvalue weighted by Crippen LogP contribution is 2.30. The number of nitrogens with zero attached hydrogens (tertiary/aromatic N) is 2. The molecular formula is C13H16N2O5S. The summed E-state index contributed by atoms with van der Waals surface area (Å²) in [5.74, 6) is -2.45. The van der Waals surface area contributed by atoms with Crippen LogP contribution in [0.5, 0.6) is 0 Å². The van der Waals surface area contributed by atoms with Crippen molar-refractivity contribution < 1.29 is 24.6 Å². The number of thiophene rings is 1. The van der Waals surface area contributed by atoms with Gasteiger partial charge in [-0.1, -0.05) is 6.07 Å². The molecular weight excluding hydrogens is 296 g/mol. The molecule has 0 unspecified atom stereocenters. The fourth-order valence-corrected chi connectivity index (χ4v) is 2.71. The van der Waals surface area contributed by atoms with Crippen LogP contribution in [-0.2, 0) is 16.1 Å². The Labute approximate surface area is 125 Å². The van der Waals surface area contributed by atoms with Gasteiger partial charge in [-0.25, -0.2) is 4.79 Å². The molecule has 0 bridgehead atoms. The molecule has 1 aliphatic rings. The van der Waals surface area contributed by atoms with E-state index >= 15 is 0 Å². The molecule has 0 aliphatic heterocycles. The van der Waals surface area contributed by atoms with Crippen LogP contribution in [0.15, 0.2) is 17.5 Å². The predicted octanol–water partition coefficient (Wildman–Crippen LogP) is 1.30. The Bertz CT molecular complexity index is 511. The van der Waals surface area contributed by atoms with Gasteiger partial charge in [0.1, 0.15) is 13.1 Å². The van der Waals surface area contributed by atoms with Crippen molar-refractivity contribution in [2.24, 2.45) is 0 Å². The van der Waals surface area contributed by atoms with E-state index in [-0.39, 0.29) is 6.04 Å². The van der Waals surface area contributed by atoms with Crippen LogP contribution < -0.4 is 0 Å². The number of hydrogen-bond acceptors (Lipinski definition) is 4. The van der Waals surface area contributed by atoms with Crippen LogP contribution in [0.25, 0.3) is 0 Å². The Balaban J connectivity index is 2.10. The molecule has 1 aromatic heterocycles. The van der Waals surface area contributed by atoms with Crippen molar-refractivity contribution in [1.82, 2.24) is 9.80 Å². The first kappa shape index (κ1) is 15.3. The standard InChI is InChI=1S/C13H16N2O5S/c16-11(17)7-14(8-12(18)19)13(20)15(9-3-4-9)6-10-2-1-5-21-10/h1-2,5,9H,3-4,6-8H2,(H,16,17)(H,18,19). The van der Waals surface area contributed by atoms with Gasteiger partial charge in [-0.15, -0.1) is 11.3 Å². The summed E-state index contributed by atoms with van der Waals surface area (Å²) in [5, 5.41) is 19.6. The van der Waals surface area contributed by atoms with E-state index in [9.17, 15) is 14.4 Å². The van der Waals surface area contributed by atoms with Crippen molar-refractivity contribution in [2.75, 3.05) is 13.1 Å². The molecule has 2 N–H and O–H groups in total. The van der Waals surface area contributed by atoms with Gasteiger partial charge in [-0.3, -0.25) is 9.59 Å². The third-order valence-corrected chi connectivity index (χ3v) is 3.92. The fourth-order valence-electron chi connectivity index (χ4n) is 2.01. The molecule has 1 aromatic rings. The van der Waals surface area contributed by atoms with Crippen LogP contribution >= 0.6 is 11.3 Å². The van der Waals surface area contributed by atoms with Gasteiger partial charge in [0, 0.05) is 10.9 Å². The molecule has 7 nitrogen and oxygen atoms in total. The van der Waals surface area contributed by atoms with Gasteiger partial charge in [0.25, 0.3) is 0 Å². The summed E-state index contributed by atoms with van der Waals surface area (Å²) >= 11 is 1.51. The quantitative estimate of drug-likeness (QED) is 0.791. The van der Waals surface area contributed by atoms with E-state index in [1.165, 1.54) is 11.3 Å². The molecule has 0 spiro atoms. The van der Waals surface area contributed by atoms with Crippen molar-refractivity contribution >= 4 is 29.3 Å². The zero-order valence-corrected chi connectivity index (χ0v) is 12.1. The molecule has 2 amide bonds. The summed E-state index contributed by atoms with van der Waals surface area (Å²) in [6.45, 7) is -0.839. The molecule has 0 atom stereocenters. The Morgan fingerprint density at radius 1 is 1.19 bits per heavy atom. The number of urea groups is 1. The van der Waals surface area contributed by atoms with Crippen molar-refractivity contribution in [2.45, 2.75) is 25.4 Å². The van der Waals surface area contributed by atoms with Crippen LogP contribution in [0.4, 0.5) is 4.79 Å². The Morgan fingerprint density at radius 2 is 1.81 bits per heavy atom. The number of amides is 2. The molecule has 2 rings (SSSR count). The highest BCUT2D eigenvalue weighted by atomic mass is 32.1. The zero-order valence-electron chi connectivity index (χ0n) is 11.3. The monoisotopic (exact) mass is 312 g/mol. The topological polar surface area (TPSA) is 98.1 Å². The second kappa shape index (κ2) is 6.57. The minimum absolute atomic E-state index is 0.0738. The molecule has 8 heteroatoms. The molecule has 0 radical (unpaired) electrons. The summed E-state index contributed by atoms with van der Waals surface area (Å²) in [5.41, 5.74) is 0. The number of aliphatic carboxylic acids is 2. The smallest absolute Gasteiger partial charge is 0.323 e. The largest absolute Gasteiger partial charge is 0.480 e. The van der Waals surface area contributed by atoms with Crippen LogP contribution in [0.3, 0.4) is 0 Å². The maximum atomic E-state index is 12.5. The maximum Gasteiger partial charge on any atom is 0.323 e. The third kappa shape index (κ3) is 4.45. The highest BCUT2D eigenvalue weighted by molar-refractivity contribution is 7.09. The number of carbonyl (C=O) groups excluding carboxylic acids is 1. The normalized spacial score (nSPS) is 13.7. The highest BCUT2D eigenvalue weighted by Gasteiger charge is 2.36. The number of carboxylic acids is 2. The Kier molecular flexibility index (Phi) is 4.79. The maximum absolute atomic E-state index is 12.5. The van der Waals surface area contributed by atoms with E-state index in [1.54, 1.807) is 4.90 Å². The first-order valence-electron chi connectivity index (χ1n) is 6.49. The average Bonchev–Trinajstić information content (AvgIpc) is 3.10. The van der Waals surface area contributed by atoms with E-state index < -0.39 is 31.1 Å². The molecule has 1 aliphatic carbocycles. The summed E-state index contributed by atoms with van der Waals surface area (Å²) < 4.78 is 0. The number of hydrogen-bond donors (Lipinski definition) is 2. The van der Waals surface area contributed by atoms with Crippen LogP contribution in [-0.4, -0.2) is 57.1 Å². The second-order valence-electron chi connectivity index (χ2n) is 4.86. The van der Waals surface area contributed by atoms with Crippen molar-refractivity contribution in [1.29, 1.82) is 0 Å². The van der Waals surface area contributed by atoms with E-state index in [0.717, 1.165) is 22.6 Å². The lowest BCUT2D eigenvalue weighted by molar-refractivity contribution is -0.140. The summed E-state index contributed by atoms with van der Waals surface area (Å²) in [6.07, 6.45) is 1.73. The number of carboxylic acid groups (broad SMARTS) is 2. The van der Waals surface area contributed by atoms with E-state index in [1.807, 2.05) is 17.5 Å². The fraction of sp³-hybridized carbons (Fsp3) is 0.462. The summed E-state index contributed by atoms with van der Waals surface area (Å²) in [7, 11) is 0. The van der Waals surface area contributed by atoms with E-state index in [0.29, 0.717) is 6.54 Å². The molecule has 1 saturated carbocycles. The number of carbonyl (C=O) groups is 3. The summed E-state index contributed by atoms with van der Waals surface area (Å²) in [4.78, 5) is 37.5. The number of rotatable bonds is 7. The van der Waals surface area contributed by atoms with Crippen molar-refractivity contribution in [3.8, 4) is 0 Å². The van der Waals surface area contributed by atoms with Gasteiger partial charge < -0.3 is 20.0 Å². The third-order valence-electron chi connectivity index (χ3n) is 3.06. The molecule has 0 saturated heterocycles. The van der Waals surface area contributed by atoms with Crippen LogP contribution in [0.1, 0.15) is 17.7 Å². The molecule has 21 heavy (non-hydrogen) atoms. The van der Waals surface area contributed by atoms with Gasteiger partial charge >= 0.3 is 18.0 Å². The molecule has 114 valence electrons. The van der Waals surface area contributed by atoms with Gasteiger partial charge in [-0.05, 0) is 24.3 Å². The first-order chi connectivity index (χ1) is 9.97. The van der Waals surface area contributed by atoms with Gasteiger partial charge in [0.2, 0.25) is 0 Å². The predicted molar refractivity (Wildman–Crippen MR) is 75.1 cm³/mol. The molecule has 1 heterocycles. The zero-order chi connectivity index (χ0) is 15.4. The lowest BCUT2D eigenvalue weighted by atomic mass is 10.4. The van der Waals surface area contributed by atoms with Crippen molar-refractivity contribution in [3.05, 3.63) is 22.4 Å². The lowest BCUT2D eigenvalue weighted by Gasteiger charge is -2.28. The Morgan fingerprint density at radius 3 is 2.24 bits per heavy atom. The first-order valence-corrected chi connectivity index (χ1v) is 7.37. The van der Waals surface area contributed by atoms with Crippen LogP contribution in [0.2, 0.25) is 0 Å². The minimum Gasteiger partial charge on any atom is -0.480 e. The summed E-state index contributed by atoms with van der Waals surface area (Å²) in [6, 6.07) is 3.31. The molecule has 0 aromatic carbocycles. The lowest BCUT2D eigenvalue weighted by Crippen LogP contribution is -2.47. The van der Waals surface area contributed by atoms with E-state index in [4.69, 9.17) is 10.2 Å². The Hall–Kier alpha value is -2.09. The minimum atomic E-state index is -1.23. The van der Waals surface area contributed by atoms with E-state index in [2.05, 4.69) is 0 Å². The molecule has 1 fully saturated rings. The van der Waals surface area contributed by atoms with Crippen LogP contribution in [0, 0.1) is 0 Å². The van der Waals surface area contributed by atoms with Gasteiger partial charge in [0.15, 0.2) is 0 Å². The SMILES string of the molecule is O=C(O)CN(CC(=O)O)C(=O)N(Cc1cccs1)C1CC1. The average molecular weight is 312 g/mol. The van der Waals surface area contributed by atoms with Gasteiger partial charge in [-0.2, -0.15) is 0 Å².